The molecule has 0 aromatic heterocycles. The Hall–Kier alpha value is -1.94. The van der Waals surface area contributed by atoms with Crippen LogP contribution in [0.25, 0.3) is 0 Å². The summed E-state index contributed by atoms with van der Waals surface area (Å²) in [6.45, 7) is 14.1. The highest BCUT2D eigenvalue weighted by atomic mass is 16.3. The molecule has 1 heterocycles. The lowest BCUT2D eigenvalue weighted by Gasteiger charge is -2.08. The summed E-state index contributed by atoms with van der Waals surface area (Å²) in [7, 11) is 0. The predicted molar refractivity (Wildman–Crippen MR) is 110 cm³/mol. The van der Waals surface area contributed by atoms with Gasteiger partial charge in [-0.3, -0.25) is 9.59 Å². The van der Waals surface area contributed by atoms with Crippen molar-refractivity contribution < 1.29 is 14.7 Å². The lowest BCUT2D eigenvalue weighted by molar-refractivity contribution is -0.122. The molecule has 0 radical (unpaired) electrons. The molecule has 4 heteroatoms. The molecule has 0 amide bonds. The van der Waals surface area contributed by atoms with Gasteiger partial charge in [-0.2, -0.15) is 0 Å². The van der Waals surface area contributed by atoms with Crippen LogP contribution in [-0.2, 0) is 4.79 Å². The maximum atomic E-state index is 11.8. The van der Waals surface area contributed by atoms with Gasteiger partial charge < -0.3 is 10.4 Å². The first-order valence-corrected chi connectivity index (χ1v) is 8.66. The van der Waals surface area contributed by atoms with E-state index >= 15 is 0 Å². The van der Waals surface area contributed by atoms with Gasteiger partial charge >= 0.3 is 0 Å². The summed E-state index contributed by atoms with van der Waals surface area (Å²) in [6, 6.07) is 9.94. The monoisotopic (exact) mass is 353 g/mol. The van der Waals surface area contributed by atoms with Gasteiger partial charge in [-0.25, -0.2) is 0 Å². The van der Waals surface area contributed by atoms with Gasteiger partial charge in [0, 0.05) is 18.0 Å². The van der Waals surface area contributed by atoms with Gasteiger partial charge in [-0.15, -0.1) is 6.58 Å². The van der Waals surface area contributed by atoms with Crippen LogP contribution in [0.1, 0.15) is 71.7 Å². The van der Waals surface area contributed by atoms with Crippen molar-refractivity contribution in [2.45, 2.75) is 67.3 Å². The quantitative estimate of drug-likeness (QED) is 0.422. The second-order valence-electron chi connectivity index (χ2n) is 4.30. The van der Waals surface area contributed by atoms with Gasteiger partial charge in [0.05, 0.1) is 0 Å². The zero-order chi connectivity index (χ0) is 19.2. The number of benzene rings is 1. The first kappa shape index (κ1) is 30.9. The summed E-state index contributed by atoms with van der Waals surface area (Å²) in [4.78, 5) is 20.1. The topological polar surface area (TPSA) is 66.4 Å². The van der Waals surface area contributed by atoms with E-state index in [-0.39, 0.29) is 19.7 Å². The molecule has 1 saturated heterocycles. The highest BCUT2D eigenvalue weighted by molar-refractivity contribution is 5.96. The van der Waals surface area contributed by atoms with Crippen LogP contribution in [0.3, 0.4) is 0 Å². The van der Waals surface area contributed by atoms with Crippen molar-refractivity contribution in [1.82, 2.24) is 5.32 Å². The number of ketones is 1. The van der Waals surface area contributed by atoms with Crippen LogP contribution in [0, 0.1) is 0 Å². The first-order chi connectivity index (χ1) is 11.7. The van der Waals surface area contributed by atoms with Crippen molar-refractivity contribution in [1.29, 1.82) is 0 Å². The Bertz CT molecular complexity index is 379. The van der Waals surface area contributed by atoms with E-state index in [1.807, 2.05) is 65.0 Å². The molecule has 25 heavy (non-hydrogen) atoms. The van der Waals surface area contributed by atoms with Crippen molar-refractivity contribution in [3.8, 4) is 0 Å². The van der Waals surface area contributed by atoms with Crippen molar-refractivity contribution in [2.75, 3.05) is 6.54 Å². The molecule has 4 nitrogen and oxygen atoms in total. The van der Waals surface area contributed by atoms with Gasteiger partial charge in [0.25, 0.3) is 6.47 Å². The molecule has 1 aliphatic heterocycles. The van der Waals surface area contributed by atoms with Crippen LogP contribution >= 0.6 is 0 Å². The number of rotatable bonds is 3. The lowest BCUT2D eigenvalue weighted by Crippen LogP contribution is -2.24. The van der Waals surface area contributed by atoms with Gasteiger partial charge in [0.1, 0.15) is 0 Å². The molecule has 2 N–H and O–H groups in total. The van der Waals surface area contributed by atoms with Crippen molar-refractivity contribution >= 4 is 12.3 Å². The fourth-order valence-corrected chi connectivity index (χ4v) is 1.90. The van der Waals surface area contributed by atoms with Gasteiger partial charge in [0.2, 0.25) is 0 Å². The SMILES string of the molecule is C.C=CC.CC.CC.O=C(CC1CCCN1)c1ccccc1.O=CO. The Morgan fingerprint density at radius 2 is 1.68 bits per heavy atom. The van der Waals surface area contributed by atoms with Gasteiger partial charge in [-0.1, -0.05) is 71.5 Å². The highest BCUT2D eigenvalue weighted by Gasteiger charge is 2.18. The van der Waals surface area contributed by atoms with E-state index in [0.717, 1.165) is 18.5 Å². The summed E-state index contributed by atoms with van der Waals surface area (Å²) in [5, 5.41) is 10.2. The number of carboxylic acid groups (broad SMARTS) is 1. The Labute approximate surface area is 155 Å². The van der Waals surface area contributed by atoms with Gasteiger partial charge in [-0.05, 0) is 26.3 Å². The second kappa shape index (κ2) is 26.9. The normalized spacial score (nSPS) is 13.2. The van der Waals surface area contributed by atoms with E-state index in [4.69, 9.17) is 9.90 Å². The first-order valence-electron chi connectivity index (χ1n) is 8.66. The fourth-order valence-electron chi connectivity index (χ4n) is 1.90. The molecule has 0 bridgehead atoms. The number of nitrogens with one attached hydrogen (secondary N) is 1. The largest absolute Gasteiger partial charge is 0.483 e. The Morgan fingerprint density at radius 1 is 1.24 bits per heavy atom. The smallest absolute Gasteiger partial charge is 0.290 e. The zero-order valence-electron chi connectivity index (χ0n) is 15.9. The Balaban J connectivity index is -0.000000171. The third-order valence-electron chi connectivity index (χ3n) is 2.69. The maximum absolute atomic E-state index is 11.8. The minimum atomic E-state index is -0.250. The average molecular weight is 354 g/mol. The number of hydrogen-bond acceptors (Lipinski definition) is 3. The zero-order valence-corrected chi connectivity index (χ0v) is 15.9. The molecule has 0 saturated carbocycles. The third kappa shape index (κ3) is 20.0. The summed E-state index contributed by atoms with van der Waals surface area (Å²) < 4.78 is 0. The van der Waals surface area contributed by atoms with Crippen LogP contribution in [0.15, 0.2) is 43.0 Å². The molecule has 1 aromatic rings. The number of allylic oxidation sites excluding steroid dienone is 1. The number of carbonyl (C=O) groups is 2. The van der Waals surface area contributed by atoms with Crippen LogP contribution in [-0.4, -0.2) is 29.9 Å². The van der Waals surface area contributed by atoms with Crippen LogP contribution < -0.4 is 5.32 Å². The molecule has 146 valence electrons. The average Bonchev–Trinajstić information content (AvgIpc) is 3.14. The van der Waals surface area contributed by atoms with Crippen molar-refractivity contribution in [3.05, 3.63) is 48.6 Å². The van der Waals surface area contributed by atoms with Crippen LogP contribution in [0.2, 0.25) is 0 Å². The standard InChI is InChI=1S/C12H15NO.C3H6.2C2H6.CH2O2.CH4/c14-12(9-11-7-4-8-13-11)10-5-2-1-3-6-10;1-3-2;2*1-2;2-1-3;/h1-3,5-6,11,13H,4,7-9H2;3H,1H2,2H3;2*1-2H3;1H,(H,2,3);1H4. The van der Waals surface area contributed by atoms with E-state index < -0.39 is 0 Å². The molecule has 0 spiro atoms. The minimum absolute atomic E-state index is 0. The van der Waals surface area contributed by atoms with Crippen LogP contribution in [0.5, 0.6) is 0 Å². The van der Waals surface area contributed by atoms with Gasteiger partial charge in [0.15, 0.2) is 5.78 Å². The minimum Gasteiger partial charge on any atom is -0.483 e. The molecule has 0 aliphatic carbocycles. The summed E-state index contributed by atoms with van der Waals surface area (Å²) in [5.41, 5.74) is 0.834. The van der Waals surface area contributed by atoms with Crippen molar-refractivity contribution in [2.24, 2.45) is 0 Å². The third-order valence-corrected chi connectivity index (χ3v) is 2.69. The predicted octanol–water partition coefficient (Wildman–Crippen LogP) is 5.59. The molecule has 1 fully saturated rings. The number of carbonyl (C=O) groups excluding carboxylic acids is 1. The van der Waals surface area contributed by atoms with E-state index in [9.17, 15) is 4.79 Å². The second-order valence-corrected chi connectivity index (χ2v) is 4.30. The highest BCUT2D eigenvalue weighted by Crippen LogP contribution is 2.12. The van der Waals surface area contributed by atoms with E-state index in [1.54, 1.807) is 6.08 Å². The molecule has 1 aliphatic rings. The number of Topliss-reactive ketones (excluding diaryl/α,β-unsaturated/α-hetero) is 1. The molecule has 1 unspecified atom stereocenters. The Kier molecular flexibility index (Phi) is 33.3. The Morgan fingerprint density at radius 3 is 2.04 bits per heavy atom. The molecule has 1 atom stereocenters. The lowest BCUT2D eigenvalue weighted by atomic mass is 10.0. The van der Waals surface area contributed by atoms with E-state index in [2.05, 4.69) is 11.9 Å². The summed E-state index contributed by atoms with van der Waals surface area (Å²) >= 11 is 0. The van der Waals surface area contributed by atoms with E-state index in [1.165, 1.54) is 6.42 Å². The number of hydrogen-bond donors (Lipinski definition) is 2. The summed E-state index contributed by atoms with van der Waals surface area (Å²) in [5.74, 6) is 0.255. The van der Waals surface area contributed by atoms with Crippen molar-refractivity contribution in [3.63, 3.8) is 0 Å². The van der Waals surface area contributed by atoms with Crippen LogP contribution in [0.4, 0.5) is 0 Å². The molecule has 1 aromatic carbocycles. The molecule has 2 rings (SSSR count). The fraction of sp³-hybridized carbons (Fsp3) is 0.524. The van der Waals surface area contributed by atoms with E-state index in [0.29, 0.717) is 12.5 Å². The molecular weight excluding hydrogens is 314 g/mol. The maximum Gasteiger partial charge on any atom is 0.290 e. The summed E-state index contributed by atoms with van der Waals surface area (Å²) in [6.07, 6.45) is 4.73. The molecular formula is C21H39NO3.